The number of hydrogen-bond donors (Lipinski definition) is 1. The second kappa shape index (κ2) is 7.08. The summed E-state index contributed by atoms with van der Waals surface area (Å²) in [6, 6.07) is 9.04. The van der Waals surface area contributed by atoms with Crippen LogP contribution in [0.25, 0.3) is 0 Å². The second-order valence-electron chi connectivity index (χ2n) is 6.79. The maximum absolute atomic E-state index is 11.9. The summed E-state index contributed by atoms with van der Waals surface area (Å²) in [5, 5.41) is 3.35. The Morgan fingerprint density at radius 3 is 2.43 bits per heavy atom. The van der Waals surface area contributed by atoms with Crippen LogP contribution in [0.5, 0.6) is 0 Å². The number of benzene rings is 1. The molecule has 2 rings (SSSR count). The lowest BCUT2D eigenvalue weighted by atomic mass is 9.99. The Labute approximate surface area is 128 Å². The summed E-state index contributed by atoms with van der Waals surface area (Å²) in [4.78, 5) is 13.9. The van der Waals surface area contributed by atoms with Gasteiger partial charge in [-0.25, -0.2) is 0 Å². The smallest absolute Gasteiger partial charge is 0.222 e. The van der Waals surface area contributed by atoms with E-state index in [1.807, 2.05) is 11.9 Å². The van der Waals surface area contributed by atoms with E-state index in [0.29, 0.717) is 24.2 Å². The standard InChI is InChI=1S/C18H28N2O/c1-13(2)9-15-5-7-16(8-6-15)17(19-4)12-20-11-14(3)10-18(20)21/h5-8,13-14,17,19H,9-12H2,1-4H3. The average molecular weight is 288 g/mol. The van der Waals surface area contributed by atoms with Crippen molar-refractivity contribution in [3.8, 4) is 0 Å². The molecule has 1 amide bonds. The summed E-state index contributed by atoms with van der Waals surface area (Å²) < 4.78 is 0. The molecule has 3 heteroatoms. The minimum Gasteiger partial charge on any atom is -0.340 e. The molecule has 1 saturated heterocycles. The highest BCUT2D eigenvalue weighted by Gasteiger charge is 2.28. The van der Waals surface area contributed by atoms with Crippen LogP contribution in [0, 0.1) is 11.8 Å². The molecule has 0 aliphatic carbocycles. The van der Waals surface area contributed by atoms with Gasteiger partial charge in [0.25, 0.3) is 0 Å². The van der Waals surface area contributed by atoms with Crippen molar-refractivity contribution in [1.29, 1.82) is 0 Å². The largest absolute Gasteiger partial charge is 0.340 e. The highest BCUT2D eigenvalue weighted by molar-refractivity contribution is 5.78. The second-order valence-corrected chi connectivity index (χ2v) is 6.79. The molecule has 0 saturated carbocycles. The van der Waals surface area contributed by atoms with Crippen molar-refractivity contribution in [3.05, 3.63) is 35.4 Å². The Morgan fingerprint density at radius 1 is 1.29 bits per heavy atom. The number of nitrogens with one attached hydrogen (secondary N) is 1. The van der Waals surface area contributed by atoms with Crippen molar-refractivity contribution < 1.29 is 4.79 Å². The lowest BCUT2D eigenvalue weighted by molar-refractivity contribution is -0.128. The fourth-order valence-corrected chi connectivity index (χ4v) is 3.09. The van der Waals surface area contributed by atoms with Crippen molar-refractivity contribution in [2.45, 2.75) is 39.7 Å². The summed E-state index contributed by atoms with van der Waals surface area (Å²) in [7, 11) is 1.97. The van der Waals surface area contributed by atoms with Crippen LogP contribution in [0.15, 0.2) is 24.3 Å². The van der Waals surface area contributed by atoms with E-state index in [4.69, 9.17) is 0 Å². The van der Waals surface area contributed by atoms with E-state index in [9.17, 15) is 4.79 Å². The van der Waals surface area contributed by atoms with Gasteiger partial charge in [0.1, 0.15) is 0 Å². The Kier molecular flexibility index (Phi) is 5.40. The molecule has 1 heterocycles. The van der Waals surface area contributed by atoms with Crippen molar-refractivity contribution in [1.82, 2.24) is 10.2 Å². The van der Waals surface area contributed by atoms with E-state index >= 15 is 0 Å². The predicted octanol–water partition coefficient (Wildman–Crippen LogP) is 3.01. The average Bonchev–Trinajstić information content (AvgIpc) is 2.74. The molecule has 0 radical (unpaired) electrons. The van der Waals surface area contributed by atoms with Gasteiger partial charge in [-0.05, 0) is 36.4 Å². The molecule has 1 aliphatic rings. The number of likely N-dealkylation sites (tertiary alicyclic amines) is 1. The van der Waals surface area contributed by atoms with Gasteiger partial charge in [0.2, 0.25) is 5.91 Å². The van der Waals surface area contributed by atoms with E-state index in [1.165, 1.54) is 11.1 Å². The summed E-state index contributed by atoms with van der Waals surface area (Å²) in [6.07, 6.45) is 1.82. The van der Waals surface area contributed by atoms with E-state index in [-0.39, 0.29) is 6.04 Å². The van der Waals surface area contributed by atoms with E-state index in [2.05, 4.69) is 50.4 Å². The first kappa shape index (κ1) is 16.0. The fraction of sp³-hybridized carbons (Fsp3) is 0.611. The third-order valence-corrected chi connectivity index (χ3v) is 4.19. The van der Waals surface area contributed by atoms with Gasteiger partial charge < -0.3 is 10.2 Å². The zero-order valence-corrected chi connectivity index (χ0v) is 13.7. The summed E-state index contributed by atoms with van der Waals surface area (Å²) >= 11 is 0. The number of amides is 1. The van der Waals surface area contributed by atoms with E-state index in [1.54, 1.807) is 0 Å². The predicted molar refractivity (Wildman–Crippen MR) is 87.1 cm³/mol. The number of carbonyl (C=O) groups excluding carboxylic acids is 1. The van der Waals surface area contributed by atoms with E-state index in [0.717, 1.165) is 19.5 Å². The van der Waals surface area contributed by atoms with Crippen LogP contribution in [0.1, 0.15) is 44.4 Å². The van der Waals surface area contributed by atoms with Gasteiger partial charge in [-0.3, -0.25) is 4.79 Å². The van der Waals surface area contributed by atoms with Crippen LogP contribution in [0.3, 0.4) is 0 Å². The lowest BCUT2D eigenvalue weighted by Crippen LogP contribution is -2.34. The molecule has 2 unspecified atom stereocenters. The molecule has 3 nitrogen and oxygen atoms in total. The molecule has 1 aromatic rings. The molecule has 1 aliphatic heterocycles. The Morgan fingerprint density at radius 2 is 1.95 bits per heavy atom. The first-order valence-electron chi connectivity index (χ1n) is 8.03. The number of likely N-dealkylation sites (N-methyl/N-ethyl adjacent to an activating group) is 1. The van der Waals surface area contributed by atoms with Crippen LogP contribution in [0.4, 0.5) is 0 Å². The van der Waals surface area contributed by atoms with Gasteiger partial charge in [0.05, 0.1) is 0 Å². The topological polar surface area (TPSA) is 32.3 Å². The summed E-state index contributed by atoms with van der Waals surface area (Å²) in [5.41, 5.74) is 2.65. The van der Waals surface area contributed by atoms with Crippen LogP contribution in [0.2, 0.25) is 0 Å². The molecule has 0 spiro atoms. The van der Waals surface area contributed by atoms with Gasteiger partial charge in [0.15, 0.2) is 0 Å². The summed E-state index contributed by atoms with van der Waals surface area (Å²) in [5.74, 6) is 1.46. The molecule has 0 aromatic heterocycles. The number of nitrogens with zero attached hydrogens (tertiary/aromatic N) is 1. The van der Waals surface area contributed by atoms with Crippen LogP contribution in [-0.2, 0) is 11.2 Å². The van der Waals surface area contributed by atoms with Gasteiger partial charge in [-0.2, -0.15) is 0 Å². The quantitative estimate of drug-likeness (QED) is 0.872. The highest BCUT2D eigenvalue weighted by Crippen LogP contribution is 2.22. The minimum absolute atomic E-state index is 0.215. The van der Waals surface area contributed by atoms with Gasteiger partial charge in [-0.1, -0.05) is 45.0 Å². The van der Waals surface area contributed by atoms with Crippen LogP contribution >= 0.6 is 0 Å². The Bertz CT molecular complexity index is 467. The van der Waals surface area contributed by atoms with E-state index < -0.39 is 0 Å². The molecule has 116 valence electrons. The maximum Gasteiger partial charge on any atom is 0.222 e. The Hall–Kier alpha value is -1.35. The third-order valence-electron chi connectivity index (χ3n) is 4.19. The third kappa shape index (κ3) is 4.31. The molecule has 1 fully saturated rings. The summed E-state index contributed by atoms with van der Waals surface area (Å²) in [6.45, 7) is 8.29. The van der Waals surface area contributed by atoms with Gasteiger partial charge in [0, 0.05) is 25.6 Å². The van der Waals surface area contributed by atoms with Crippen molar-refractivity contribution in [2.24, 2.45) is 11.8 Å². The maximum atomic E-state index is 11.9. The molecular formula is C18H28N2O. The first-order chi connectivity index (χ1) is 9.99. The molecule has 21 heavy (non-hydrogen) atoms. The lowest BCUT2D eigenvalue weighted by Gasteiger charge is -2.24. The number of hydrogen-bond acceptors (Lipinski definition) is 2. The molecule has 0 bridgehead atoms. The van der Waals surface area contributed by atoms with Crippen LogP contribution < -0.4 is 5.32 Å². The zero-order valence-electron chi connectivity index (χ0n) is 13.7. The number of carbonyl (C=O) groups is 1. The molecule has 2 atom stereocenters. The molecular weight excluding hydrogens is 260 g/mol. The van der Waals surface area contributed by atoms with Gasteiger partial charge in [-0.15, -0.1) is 0 Å². The normalized spacial score (nSPS) is 20.3. The highest BCUT2D eigenvalue weighted by atomic mass is 16.2. The molecule has 1 N–H and O–H groups in total. The van der Waals surface area contributed by atoms with Crippen molar-refractivity contribution >= 4 is 5.91 Å². The zero-order chi connectivity index (χ0) is 15.4. The van der Waals surface area contributed by atoms with Crippen molar-refractivity contribution in [2.75, 3.05) is 20.1 Å². The fourth-order valence-electron chi connectivity index (χ4n) is 3.09. The molecule has 1 aromatic carbocycles. The first-order valence-corrected chi connectivity index (χ1v) is 8.03. The monoisotopic (exact) mass is 288 g/mol. The van der Waals surface area contributed by atoms with Crippen LogP contribution in [-0.4, -0.2) is 30.9 Å². The van der Waals surface area contributed by atoms with Gasteiger partial charge >= 0.3 is 0 Å². The Balaban J connectivity index is 2.02. The SMILES string of the molecule is CNC(CN1CC(C)CC1=O)c1ccc(CC(C)C)cc1. The number of rotatable bonds is 6. The van der Waals surface area contributed by atoms with Crippen molar-refractivity contribution in [3.63, 3.8) is 0 Å². The minimum atomic E-state index is 0.215.